The van der Waals surface area contributed by atoms with E-state index in [-0.39, 0.29) is 0 Å². The average molecular weight is 207 g/mol. The van der Waals surface area contributed by atoms with Crippen molar-refractivity contribution in [1.82, 2.24) is 9.97 Å². The topological polar surface area (TPSA) is 47.0 Å². The van der Waals surface area contributed by atoms with Gasteiger partial charge in [0.25, 0.3) is 0 Å². The summed E-state index contributed by atoms with van der Waals surface area (Å²) in [6, 6.07) is 1.91. The summed E-state index contributed by atoms with van der Waals surface area (Å²) in [7, 11) is 0. The van der Waals surface area contributed by atoms with E-state index in [0.29, 0.717) is 6.61 Å². The molecule has 0 amide bonds. The van der Waals surface area contributed by atoms with E-state index in [4.69, 9.17) is 4.74 Å². The molecule has 0 fully saturated rings. The molecule has 15 heavy (non-hydrogen) atoms. The van der Waals surface area contributed by atoms with Gasteiger partial charge in [-0.3, -0.25) is 0 Å². The molecule has 0 aliphatic carbocycles. The first-order chi connectivity index (χ1) is 7.33. The van der Waals surface area contributed by atoms with E-state index in [2.05, 4.69) is 21.9 Å². The largest absolute Gasteiger partial charge is 0.379 e. The molecule has 4 heteroatoms. The van der Waals surface area contributed by atoms with Gasteiger partial charge in [-0.25, -0.2) is 9.97 Å². The van der Waals surface area contributed by atoms with Crippen molar-refractivity contribution in [2.24, 2.45) is 0 Å². The van der Waals surface area contributed by atoms with Crippen molar-refractivity contribution in [3.8, 4) is 0 Å². The van der Waals surface area contributed by atoms with Crippen LogP contribution in [0.5, 0.6) is 0 Å². The van der Waals surface area contributed by atoms with Crippen molar-refractivity contribution in [2.45, 2.75) is 13.3 Å². The average Bonchev–Trinajstić information content (AvgIpc) is 2.23. The summed E-state index contributed by atoms with van der Waals surface area (Å²) in [5.74, 6) is 0.842. The molecule has 0 aliphatic heterocycles. The van der Waals surface area contributed by atoms with Crippen molar-refractivity contribution in [3.05, 3.63) is 30.7 Å². The van der Waals surface area contributed by atoms with Gasteiger partial charge in [-0.2, -0.15) is 0 Å². The standard InChI is InChI=1S/C11H17N3O/c1-3-4-6-15-7-5-12-11-8-10(2)13-9-14-11/h3,8-9H,1,4-7H2,2H3,(H,12,13,14). The van der Waals surface area contributed by atoms with Crippen molar-refractivity contribution in [2.75, 3.05) is 25.1 Å². The minimum atomic E-state index is 0.677. The first-order valence-electron chi connectivity index (χ1n) is 5.04. The number of ether oxygens (including phenoxy) is 1. The van der Waals surface area contributed by atoms with Gasteiger partial charge in [0.05, 0.1) is 13.2 Å². The van der Waals surface area contributed by atoms with Gasteiger partial charge < -0.3 is 10.1 Å². The van der Waals surface area contributed by atoms with Gasteiger partial charge in [-0.15, -0.1) is 6.58 Å². The highest BCUT2D eigenvalue weighted by molar-refractivity contribution is 5.34. The molecule has 0 unspecified atom stereocenters. The van der Waals surface area contributed by atoms with Gasteiger partial charge in [0.1, 0.15) is 12.1 Å². The minimum absolute atomic E-state index is 0.677. The molecule has 4 nitrogen and oxygen atoms in total. The maximum atomic E-state index is 5.35. The fraction of sp³-hybridized carbons (Fsp3) is 0.455. The van der Waals surface area contributed by atoms with Crippen molar-refractivity contribution < 1.29 is 4.74 Å². The molecule has 0 aliphatic rings. The molecular formula is C11H17N3O. The second-order valence-corrected chi connectivity index (χ2v) is 3.16. The van der Waals surface area contributed by atoms with Crippen molar-refractivity contribution in [1.29, 1.82) is 0 Å². The van der Waals surface area contributed by atoms with Gasteiger partial charge >= 0.3 is 0 Å². The highest BCUT2D eigenvalue weighted by Gasteiger charge is 1.93. The van der Waals surface area contributed by atoms with Gasteiger partial charge in [-0.05, 0) is 13.3 Å². The summed E-state index contributed by atoms with van der Waals surface area (Å²) in [6.07, 6.45) is 4.30. The number of hydrogen-bond acceptors (Lipinski definition) is 4. The maximum absolute atomic E-state index is 5.35. The highest BCUT2D eigenvalue weighted by Crippen LogP contribution is 2.01. The van der Waals surface area contributed by atoms with Gasteiger partial charge in [0.2, 0.25) is 0 Å². The molecule has 82 valence electrons. The molecule has 1 aromatic heterocycles. The molecule has 1 aromatic rings. The monoisotopic (exact) mass is 207 g/mol. The summed E-state index contributed by atoms with van der Waals surface area (Å²) in [6.45, 7) is 7.73. The number of aryl methyl sites for hydroxylation is 1. The lowest BCUT2D eigenvalue weighted by atomic mass is 10.4. The molecule has 0 radical (unpaired) electrons. The molecule has 0 atom stereocenters. The molecule has 0 spiro atoms. The number of nitrogens with one attached hydrogen (secondary N) is 1. The first-order valence-corrected chi connectivity index (χ1v) is 5.04. The number of hydrogen-bond donors (Lipinski definition) is 1. The zero-order valence-corrected chi connectivity index (χ0v) is 9.07. The second kappa shape index (κ2) is 6.95. The van der Waals surface area contributed by atoms with Crippen LogP contribution in [-0.4, -0.2) is 29.7 Å². The molecule has 1 rings (SSSR count). The molecule has 1 N–H and O–H groups in total. The van der Waals surface area contributed by atoms with Crippen LogP contribution in [-0.2, 0) is 4.74 Å². The molecule has 0 saturated heterocycles. The normalized spacial score (nSPS) is 9.93. The van der Waals surface area contributed by atoms with E-state index < -0.39 is 0 Å². The van der Waals surface area contributed by atoms with Crippen LogP contribution in [0, 0.1) is 6.92 Å². The van der Waals surface area contributed by atoms with E-state index in [1.54, 1.807) is 6.33 Å². The SMILES string of the molecule is C=CCCOCCNc1cc(C)ncn1. The molecule has 0 aromatic carbocycles. The molecule has 0 saturated carbocycles. The lowest BCUT2D eigenvalue weighted by molar-refractivity contribution is 0.149. The summed E-state index contributed by atoms with van der Waals surface area (Å²) in [4.78, 5) is 8.09. The third-order valence-corrected chi connectivity index (χ3v) is 1.82. The molecular weight excluding hydrogens is 190 g/mol. The Hall–Kier alpha value is -1.42. The van der Waals surface area contributed by atoms with Crippen LogP contribution >= 0.6 is 0 Å². The summed E-state index contributed by atoms with van der Waals surface area (Å²) >= 11 is 0. The van der Waals surface area contributed by atoms with E-state index in [0.717, 1.165) is 31.1 Å². The lowest BCUT2D eigenvalue weighted by Gasteiger charge is -2.05. The van der Waals surface area contributed by atoms with Gasteiger partial charge in [-0.1, -0.05) is 6.08 Å². The van der Waals surface area contributed by atoms with Gasteiger partial charge in [0.15, 0.2) is 0 Å². The molecule has 1 heterocycles. The van der Waals surface area contributed by atoms with Crippen LogP contribution in [0.25, 0.3) is 0 Å². The van der Waals surface area contributed by atoms with E-state index in [9.17, 15) is 0 Å². The maximum Gasteiger partial charge on any atom is 0.129 e. The number of aromatic nitrogens is 2. The Kier molecular flexibility index (Phi) is 5.40. The zero-order valence-electron chi connectivity index (χ0n) is 9.07. The second-order valence-electron chi connectivity index (χ2n) is 3.16. The van der Waals surface area contributed by atoms with Crippen LogP contribution in [0.2, 0.25) is 0 Å². The number of rotatable bonds is 7. The fourth-order valence-corrected chi connectivity index (χ4v) is 1.07. The summed E-state index contributed by atoms with van der Waals surface area (Å²) in [5, 5.41) is 3.16. The molecule has 0 bridgehead atoms. The number of nitrogens with zero attached hydrogens (tertiary/aromatic N) is 2. The Labute approximate surface area is 90.4 Å². The third kappa shape index (κ3) is 5.12. The minimum Gasteiger partial charge on any atom is -0.379 e. The summed E-state index contributed by atoms with van der Waals surface area (Å²) in [5.41, 5.74) is 0.958. The number of anilines is 1. The fourth-order valence-electron chi connectivity index (χ4n) is 1.07. The predicted molar refractivity (Wildman–Crippen MR) is 60.9 cm³/mol. The van der Waals surface area contributed by atoms with Crippen LogP contribution in [0.15, 0.2) is 25.0 Å². The smallest absolute Gasteiger partial charge is 0.129 e. The van der Waals surface area contributed by atoms with Gasteiger partial charge in [0, 0.05) is 18.3 Å². The van der Waals surface area contributed by atoms with E-state index in [1.165, 1.54) is 0 Å². The highest BCUT2D eigenvalue weighted by atomic mass is 16.5. The van der Waals surface area contributed by atoms with Crippen molar-refractivity contribution >= 4 is 5.82 Å². The predicted octanol–water partition coefficient (Wildman–Crippen LogP) is 1.79. The Bertz CT molecular complexity index is 302. The van der Waals surface area contributed by atoms with Crippen LogP contribution < -0.4 is 5.32 Å². The zero-order chi connectivity index (χ0) is 10.9. The Morgan fingerprint density at radius 1 is 1.47 bits per heavy atom. The first kappa shape index (κ1) is 11.7. The Balaban J connectivity index is 2.12. The quantitative estimate of drug-likeness (QED) is 0.547. The van der Waals surface area contributed by atoms with Crippen molar-refractivity contribution in [3.63, 3.8) is 0 Å². The van der Waals surface area contributed by atoms with E-state index >= 15 is 0 Å². The van der Waals surface area contributed by atoms with Crippen LogP contribution in [0.1, 0.15) is 12.1 Å². The third-order valence-electron chi connectivity index (χ3n) is 1.82. The van der Waals surface area contributed by atoms with Crippen LogP contribution in [0.4, 0.5) is 5.82 Å². The van der Waals surface area contributed by atoms with Crippen LogP contribution in [0.3, 0.4) is 0 Å². The summed E-state index contributed by atoms with van der Waals surface area (Å²) < 4.78 is 5.35. The Morgan fingerprint density at radius 2 is 2.33 bits per heavy atom. The lowest BCUT2D eigenvalue weighted by Crippen LogP contribution is -2.11. The van der Waals surface area contributed by atoms with E-state index in [1.807, 2.05) is 19.1 Å². The Morgan fingerprint density at radius 3 is 3.07 bits per heavy atom.